The largest absolute Gasteiger partial charge is 0.444 e. The van der Waals surface area contributed by atoms with Gasteiger partial charge in [0.15, 0.2) is 5.82 Å². The molecule has 1 aliphatic heterocycles. The first-order valence-electron chi connectivity index (χ1n) is 13.7. The minimum Gasteiger partial charge on any atom is -0.444 e. The summed E-state index contributed by atoms with van der Waals surface area (Å²) in [5.41, 5.74) is 0.892. The Hall–Kier alpha value is -4.74. The van der Waals surface area contributed by atoms with Crippen LogP contribution in [0.15, 0.2) is 64.6 Å². The lowest BCUT2D eigenvalue weighted by Gasteiger charge is -2.34. The Morgan fingerprint density at radius 2 is 1.88 bits per heavy atom. The molecule has 0 unspecified atom stereocenters. The van der Waals surface area contributed by atoms with Crippen LogP contribution in [0.25, 0.3) is 16.7 Å². The Labute approximate surface area is 242 Å². The van der Waals surface area contributed by atoms with Crippen molar-refractivity contribution in [3.05, 3.63) is 71.2 Å². The van der Waals surface area contributed by atoms with E-state index in [1.807, 2.05) is 34.9 Å². The van der Waals surface area contributed by atoms with Crippen molar-refractivity contribution in [1.82, 2.24) is 28.9 Å². The first kappa shape index (κ1) is 28.8. The first-order valence-corrected chi connectivity index (χ1v) is 13.7. The molecule has 42 heavy (non-hydrogen) atoms. The van der Waals surface area contributed by atoms with E-state index in [1.165, 1.54) is 12.1 Å². The molecule has 5 rings (SSSR count). The van der Waals surface area contributed by atoms with Gasteiger partial charge in [0.1, 0.15) is 22.7 Å². The molecule has 0 radical (unpaired) electrons. The summed E-state index contributed by atoms with van der Waals surface area (Å²) in [7, 11) is 3.70. The average molecular weight is 576 g/mol. The molecule has 1 fully saturated rings. The smallest absolute Gasteiger partial charge is 0.410 e. The lowest BCUT2D eigenvalue weighted by molar-refractivity contribution is 0.0173. The number of ether oxygens (including phenoxy) is 2. The number of likely N-dealkylation sites (tertiary alicyclic amines) is 1. The molecule has 12 heteroatoms. The van der Waals surface area contributed by atoms with Gasteiger partial charge in [-0.25, -0.2) is 28.9 Å². The van der Waals surface area contributed by atoms with Crippen LogP contribution in [0, 0.1) is 5.82 Å². The fourth-order valence-corrected chi connectivity index (χ4v) is 4.87. The molecule has 11 nitrogen and oxygen atoms in total. The number of rotatable bonds is 6. The van der Waals surface area contributed by atoms with Crippen molar-refractivity contribution in [2.24, 2.45) is 4.99 Å². The van der Waals surface area contributed by atoms with E-state index >= 15 is 0 Å². The highest BCUT2D eigenvalue weighted by Gasteiger charge is 2.31. The number of amides is 1. The van der Waals surface area contributed by atoms with Crippen molar-refractivity contribution < 1.29 is 18.7 Å². The molecule has 4 heterocycles. The van der Waals surface area contributed by atoms with E-state index in [0.29, 0.717) is 47.8 Å². The van der Waals surface area contributed by atoms with Crippen molar-refractivity contribution in [2.45, 2.75) is 45.3 Å². The normalized spacial score (nSPS) is 15.8. The number of carbonyl (C=O) groups excluding carboxylic acids is 1. The summed E-state index contributed by atoms with van der Waals surface area (Å²) in [6.07, 6.45) is 5.39. The Balaban J connectivity index is 1.56. The number of hydrogen-bond acceptors (Lipinski definition) is 7. The molecule has 0 N–H and O–H groups in total. The van der Waals surface area contributed by atoms with Gasteiger partial charge in [0.2, 0.25) is 5.88 Å². The molecule has 1 aromatic carbocycles. The Morgan fingerprint density at radius 1 is 1.12 bits per heavy atom. The number of benzene rings is 1. The third-order valence-corrected chi connectivity index (χ3v) is 6.61. The zero-order chi connectivity index (χ0) is 30.0. The molecule has 220 valence electrons. The van der Waals surface area contributed by atoms with Gasteiger partial charge in [0, 0.05) is 39.4 Å². The molecule has 1 amide bonds. The third-order valence-electron chi connectivity index (χ3n) is 6.61. The standard InChI is InChI=1S/C30H34FN7O4/c1-30(2,3)42-29(40)36-16-6-7-22(18-36)37-24-14-15-32-27(34-19-35(4)5)26(24)38(28(37)39)21-9-11-23(12-10-21)41-25-13-8-20(31)17-33-25/h8-15,17,19,22H,6-7,16,18H2,1-5H3/t22-/m1/s1. The van der Waals surface area contributed by atoms with Crippen LogP contribution in [0.1, 0.15) is 39.7 Å². The zero-order valence-electron chi connectivity index (χ0n) is 24.3. The molecule has 3 aromatic heterocycles. The minimum atomic E-state index is -0.620. The van der Waals surface area contributed by atoms with Crippen LogP contribution in [0.2, 0.25) is 0 Å². The Kier molecular flexibility index (Phi) is 7.97. The van der Waals surface area contributed by atoms with E-state index in [2.05, 4.69) is 15.0 Å². The van der Waals surface area contributed by atoms with Crippen molar-refractivity contribution in [3.8, 4) is 17.3 Å². The quantitative estimate of drug-likeness (QED) is 0.227. The van der Waals surface area contributed by atoms with Crippen molar-refractivity contribution in [3.63, 3.8) is 0 Å². The van der Waals surface area contributed by atoms with Gasteiger partial charge >= 0.3 is 11.8 Å². The van der Waals surface area contributed by atoms with Gasteiger partial charge in [0.05, 0.1) is 29.8 Å². The van der Waals surface area contributed by atoms with Gasteiger partial charge in [-0.2, -0.15) is 0 Å². The molecule has 1 aliphatic rings. The molecule has 0 aliphatic carbocycles. The van der Waals surface area contributed by atoms with Gasteiger partial charge in [0.25, 0.3) is 0 Å². The molecular weight excluding hydrogens is 541 g/mol. The van der Waals surface area contributed by atoms with Gasteiger partial charge in [-0.15, -0.1) is 0 Å². The Bertz CT molecular complexity index is 1650. The SMILES string of the molecule is CN(C)C=Nc1nccc2c1n(-c1ccc(Oc3ccc(F)cn3)cc1)c(=O)n2[C@@H]1CCCN(C(=O)OC(C)(C)C)C1. The maximum Gasteiger partial charge on any atom is 0.410 e. The Morgan fingerprint density at radius 3 is 2.55 bits per heavy atom. The number of fused-ring (bicyclic) bond motifs is 1. The van der Waals surface area contributed by atoms with E-state index in [4.69, 9.17) is 9.47 Å². The predicted molar refractivity (Wildman–Crippen MR) is 158 cm³/mol. The topological polar surface area (TPSA) is 107 Å². The summed E-state index contributed by atoms with van der Waals surface area (Å²) >= 11 is 0. The van der Waals surface area contributed by atoms with Gasteiger partial charge in [-0.3, -0.25) is 9.13 Å². The number of carbonyl (C=O) groups is 1. The molecule has 4 aromatic rings. The van der Waals surface area contributed by atoms with Crippen LogP contribution < -0.4 is 10.4 Å². The third kappa shape index (κ3) is 6.27. The number of imidazole rings is 1. The highest BCUT2D eigenvalue weighted by molar-refractivity contribution is 5.88. The monoisotopic (exact) mass is 575 g/mol. The fraction of sp³-hybridized carbons (Fsp3) is 0.367. The van der Waals surface area contributed by atoms with Crippen molar-refractivity contribution >= 4 is 29.3 Å². The van der Waals surface area contributed by atoms with E-state index in [-0.39, 0.29) is 17.6 Å². The summed E-state index contributed by atoms with van der Waals surface area (Å²) in [5, 5.41) is 0. The lowest BCUT2D eigenvalue weighted by atomic mass is 10.1. The van der Waals surface area contributed by atoms with Crippen molar-refractivity contribution in [2.75, 3.05) is 27.2 Å². The van der Waals surface area contributed by atoms with E-state index in [9.17, 15) is 14.0 Å². The predicted octanol–water partition coefficient (Wildman–Crippen LogP) is 5.31. The zero-order valence-corrected chi connectivity index (χ0v) is 24.3. The maximum atomic E-state index is 14.2. The van der Waals surface area contributed by atoms with Crippen LogP contribution in [0.3, 0.4) is 0 Å². The number of aliphatic imine (C=N–C) groups is 1. The van der Waals surface area contributed by atoms with E-state index in [1.54, 1.807) is 61.8 Å². The second-order valence-electron chi connectivity index (χ2n) is 11.3. The number of aromatic nitrogens is 4. The molecule has 0 bridgehead atoms. The number of hydrogen-bond donors (Lipinski definition) is 0. The molecule has 0 saturated carbocycles. The highest BCUT2D eigenvalue weighted by atomic mass is 19.1. The molecule has 1 atom stereocenters. The van der Waals surface area contributed by atoms with E-state index < -0.39 is 17.5 Å². The minimum absolute atomic E-state index is 0.245. The second-order valence-corrected chi connectivity index (χ2v) is 11.3. The molecule has 0 spiro atoms. The maximum absolute atomic E-state index is 14.2. The van der Waals surface area contributed by atoms with Gasteiger partial charge < -0.3 is 19.3 Å². The van der Waals surface area contributed by atoms with Crippen LogP contribution in [-0.2, 0) is 4.74 Å². The summed E-state index contributed by atoms with van der Waals surface area (Å²) < 4.78 is 27.9. The summed E-state index contributed by atoms with van der Waals surface area (Å²) in [5.74, 6) is 0.642. The number of piperidine rings is 1. The average Bonchev–Trinajstić information content (AvgIpc) is 3.25. The highest BCUT2D eigenvalue weighted by Crippen LogP contribution is 2.31. The molecule has 1 saturated heterocycles. The first-order chi connectivity index (χ1) is 20.0. The van der Waals surface area contributed by atoms with Crippen LogP contribution >= 0.6 is 0 Å². The summed E-state index contributed by atoms with van der Waals surface area (Å²) in [6, 6.07) is 11.2. The van der Waals surface area contributed by atoms with Crippen LogP contribution in [0.5, 0.6) is 11.6 Å². The number of nitrogens with zero attached hydrogens (tertiary/aromatic N) is 7. The van der Waals surface area contributed by atoms with Crippen LogP contribution in [0.4, 0.5) is 15.0 Å². The fourth-order valence-electron chi connectivity index (χ4n) is 4.87. The van der Waals surface area contributed by atoms with Gasteiger partial charge in [-0.05, 0) is 70.0 Å². The van der Waals surface area contributed by atoms with E-state index in [0.717, 1.165) is 12.6 Å². The summed E-state index contributed by atoms with van der Waals surface area (Å²) in [6.45, 7) is 6.40. The van der Waals surface area contributed by atoms with Gasteiger partial charge in [-0.1, -0.05) is 0 Å². The summed E-state index contributed by atoms with van der Waals surface area (Å²) in [4.78, 5) is 43.5. The number of pyridine rings is 2. The second kappa shape index (κ2) is 11.6. The van der Waals surface area contributed by atoms with Crippen molar-refractivity contribution in [1.29, 1.82) is 0 Å². The molecular formula is C30H34FN7O4. The van der Waals surface area contributed by atoms with Crippen LogP contribution in [-0.4, -0.2) is 74.1 Å². The number of halogens is 1. The lowest BCUT2D eigenvalue weighted by Crippen LogP contribution is -2.45.